The second-order valence-electron chi connectivity index (χ2n) is 4.97. The number of hydrogen-bond donors (Lipinski definition) is 2. The Labute approximate surface area is 137 Å². The van der Waals surface area contributed by atoms with Gasteiger partial charge < -0.3 is 20.5 Å². The number of benzene rings is 2. The minimum Gasteiger partial charge on any atom is -0.497 e. The monoisotopic (exact) mass is 313 g/mol. The molecule has 0 atom stereocenters. The molecular weight excluding hydrogens is 290 g/mol. The fraction of sp³-hybridized carbons (Fsp3) is 0.278. The summed E-state index contributed by atoms with van der Waals surface area (Å²) in [5.74, 6) is 1.97. The molecule has 0 aliphatic carbocycles. The molecule has 0 spiro atoms. The molecule has 5 nitrogen and oxygen atoms in total. The molecule has 0 aromatic heterocycles. The van der Waals surface area contributed by atoms with Crippen LogP contribution in [0.3, 0.4) is 0 Å². The maximum Gasteiger partial charge on any atom is 0.193 e. The number of ether oxygens (including phenoxy) is 2. The van der Waals surface area contributed by atoms with Crippen LogP contribution < -0.4 is 20.5 Å². The number of rotatable bonds is 7. The van der Waals surface area contributed by atoms with Crippen molar-refractivity contribution < 1.29 is 9.47 Å². The first-order chi connectivity index (χ1) is 11.2. The van der Waals surface area contributed by atoms with E-state index in [0.29, 0.717) is 19.1 Å². The highest BCUT2D eigenvalue weighted by Gasteiger charge is 1.97. The molecule has 2 aromatic carbocycles. The molecule has 0 heterocycles. The van der Waals surface area contributed by atoms with Gasteiger partial charge >= 0.3 is 0 Å². The van der Waals surface area contributed by atoms with E-state index >= 15 is 0 Å². The third-order valence-corrected chi connectivity index (χ3v) is 3.31. The molecule has 0 saturated heterocycles. The van der Waals surface area contributed by atoms with E-state index in [-0.39, 0.29) is 0 Å². The highest BCUT2D eigenvalue weighted by atomic mass is 16.5. The van der Waals surface area contributed by atoms with E-state index in [1.54, 1.807) is 7.11 Å². The zero-order valence-electron chi connectivity index (χ0n) is 13.6. The summed E-state index contributed by atoms with van der Waals surface area (Å²) in [6.07, 6.45) is 0.988. The zero-order valence-corrected chi connectivity index (χ0v) is 13.6. The standard InChI is InChI=1S/C18H23N3O2/c1-3-14-5-4-6-15(13-14)21-18(19)20-11-12-23-17-9-7-16(22-2)8-10-17/h4-10,13H,3,11-12H2,1-2H3,(H3,19,20,21). The summed E-state index contributed by atoms with van der Waals surface area (Å²) in [5.41, 5.74) is 8.08. The fourth-order valence-electron chi connectivity index (χ4n) is 2.06. The predicted molar refractivity (Wildman–Crippen MR) is 94.4 cm³/mol. The van der Waals surface area contributed by atoms with Gasteiger partial charge in [0.05, 0.1) is 13.7 Å². The van der Waals surface area contributed by atoms with Crippen molar-refractivity contribution in [1.29, 1.82) is 0 Å². The van der Waals surface area contributed by atoms with Crippen LogP contribution in [-0.4, -0.2) is 26.2 Å². The molecular formula is C18H23N3O2. The molecule has 2 aromatic rings. The number of guanidine groups is 1. The maximum absolute atomic E-state index is 5.88. The average molecular weight is 313 g/mol. The van der Waals surface area contributed by atoms with E-state index in [1.165, 1.54) is 5.56 Å². The van der Waals surface area contributed by atoms with Crippen molar-refractivity contribution in [3.05, 3.63) is 54.1 Å². The third kappa shape index (κ3) is 5.54. The van der Waals surface area contributed by atoms with Crippen LogP contribution in [0.4, 0.5) is 5.69 Å². The van der Waals surface area contributed by atoms with Crippen molar-refractivity contribution in [1.82, 2.24) is 0 Å². The van der Waals surface area contributed by atoms with Crippen molar-refractivity contribution in [2.75, 3.05) is 25.6 Å². The van der Waals surface area contributed by atoms with Gasteiger partial charge in [-0.3, -0.25) is 0 Å². The van der Waals surface area contributed by atoms with Gasteiger partial charge in [-0.2, -0.15) is 0 Å². The molecule has 122 valence electrons. The highest BCUT2D eigenvalue weighted by Crippen LogP contribution is 2.16. The Hall–Kier alpha value is -2.69. The van der Waals surface area contributed by atoms with E-state index < -0.39 is 0 Å². The normalized spacial score (nSPS) is 11.1. The van der Waals surface area contributed by atoms with Crippen LogP contribution in [-0.2, 0) is 6.42 Å². The number of anilines is 1. The van der Waals surface area contributed by atoms with Crippen LogP contribution in [0.25, 0.3) is 0 Å². The quantitative estimate of drug-likeness (QED) is 0.468. The summed E-state index contributed by atoms with van der Waals surface area (Å²) in [6, 6.07) is 15.6. The van der Waals surface area contributed by atoms with Gasteiger partial charge in [0.1, 0.15) is 18.1 Å². The second-order valence-corrected chi connectivity index (χ2v) is 4.97. The molecule has 0 unspecified atom stereocenters. The molecule has 3 N–H and O–H groups in total. The van der Waals surface area contributed by atoms with E-state index in [1.807, 2.05) is 36.4 Å². The number of hydrogen-bond acceptors (Lipinski definition) is 3. The fourth-order valence-corrected chi connectivity index (χ4v) is 2.06. The Balaban J connectivity index is 1.77. The minimum absolute atomic E-state index is 0.386. The van der Waals surface area contributed by atoms with Gasteiger partial charge in [0, 0.05) is 5.69 Å². The van der Waals surface area contributed by atoms with Gasteiger partial charge in [0.2, 0.25) is 0 Å². The van der Waals surface area contributed by atoms with E-state index in [2.05, 4.69) is 29.4 Å². The minimum atomic E-state index is 0.386. The molecule has 2 rings (SSSR count). The molecule has 0 fully saturated rings. The number of nitrogens with two attached hydrogens (primary N) is 1. The number of aryl methyl sites for hydroxylation is 1. The van der Waals surface area contributed by atoms with Gasteiger partial charge in [0.15, 0.2) is 5.96 Å². The Morgan fingerprint density at radius 1 is 1.13 bits per heavy atom. The number of nitrogens with one attached hydrogen (secondary N) is 1. The van der Waals surface area contributed by atoms with Crippen molar-refractivity contribution in [2.45, 2.75) is 13.3 Å². The Morgan fingerprint density at radius 3 is 2.57 bits per heavy atom. The molecule has 0 aliphatic heterocycles. The van der Waals surface area contributed by atoms with Gasteiger partial charge in [0.25, 0.3) is 0 Å². The van der Waals surface area contributed by atoms with Crippen molar-refractivity contribution in [2.24, 2.45) is 10.7 Å². The summed E-state index contributed by atoms with van der Waals surface area (Å²) >= 11 is 0. The van der Waals surface area contributed by atoms with Crippen LogP contribution in [0.5, 0.6) is 11.5 Å². The average Bonchev–Trinajstić information content (AvgIpc) is 2.59. The van der Waals surface area contributed by atoms with Crippen LogP contribution in [0.2, 0.25) is 0 Å². The van der Waals surface area contributed by atoms with Crippen LogP contribution in [0.15, 0.2) is 53.5 Å². The largest absolute Gasteiger partial charge is 0.497 e. The second kappa shape index (κ2) is 8.68. The van der Waals surface area contributed by atoms with Crippen LogP contribution >= 0.6 is 0 Å². The first-order valence-electron chi connectivity index (χ1n) is 7.64. The number of methoxy groups -OCH3 is 1. The number of aliphatic imine (C=N–C) groups is 1. The lowest BCUT2D eigenvalue weighted by Gasteiger charge is -2.08. The summed E-state index contributed by atoms with van der Waals surface area (Å²) in [5, 5.41) is 3.09. The third-order valence-electron chi connectivity index (χ3n) is 3.31. The van der Waals surface area contributed by atoms with Crippen LogP contribution in [0, 0.1) is 0 Å². The molecule has 0 amide bonds. The van der Waals surface area contributed by atoms with E-state index in [4.69, 9.17) is 15.2 Å². The first-order valence-corrected chi connectivity index (χ1v) is 7.64. The van der Waals surface area contributed by atoms with E-state index in [0.717, 1.165) is 23.6 Å². The molecule has 23 heavy (non-hydrogen) atoms. The Kier molecular flexibility index (Phi) is 6.29. The lowest BCUT2D eigenvalue weighted by atomic mass is 10.1. The highest BCUT2D eigenvalue weighted by molar-refractivity contribution is 5.92. The number of nitrogens with zero attached hydrogens (tertiary/aromatic N) is 1. The maximum atomic E-state index is 5.88. The lowest BCUT2D eigenvalue weighted by Crippen LogP contribution is -2.23. The zero-order chi connectivity index (χ0) is 16.5. The molecule has 0 saturated carbocycles. The molecule has 0 bridgehead atoms. The summed E-state index contributed by atoms with van der Waals surface area (Å²) in [4.78, 5) is 4.26. The van der Waals surface area contributed by atoms with Crippen molar-refractivity contribution >= 4 is 11.6 Å². The van der Waals surface area contributed by atoms with Crippen molar-refractivity contribution in [3.8, 4) is 11.5 Å². The summed E-state index contributed by atoms with van der Waals surface area (Å²) < 4.78 is 10.7. The predicted octanol–water partition coefficient (Wildman–Crippen LogP) is 3.06. The van der Waals surface area contributed by atoms with Crippen molar-refractivity contribution in [3.63, 3.8) is 0 Å². The van der Waals surface area contributed by atoms with E-state index in [9.17, 15) is 0 Å². The summed E-state index contributed by atoms with van der Waals surface area (Å²) in [6.45, 7) is 3.06. The molecule has 5 heteroatoms. The van der Waals surface area contributed by atoms with Crippen LogP contribution in [0.1, 0.15) is 12.5 Å². The first kappa shape index (κ1) is 16.7. The van der Waals surface area contributed by atoms with Gasteiger partial charge in [-0.15, -0.1) is 0 Å². The van der Waals surface area contributed by atoms with Gasteiger partial charge in [-0.25, -0.2) is 4.99 Å². The Morgan fingerprint density at radius 2 is 1.87 bits per heavy atom. The van der Waals surface area contributed by atoms with Gasteiger partial charge in [-0.1, -0.05) is 19.1 Å². The SMILES string of the molecule is CCc1cccc(NC(N)=NCCOc2ccc(OC)cc2)c1. The molecule has 0 aliphatic rings. The smallest absolute Gasteiger partial charge is 0.193 e. The summed E-state index contributed by atoms with van der Waals surface area (Å²) in [7, 11) is 1.64. The molecule has 0 radical (unpaired) electrons. The topological polar surface area (TPSA) is 68.9 Å². The van der Waals surface area contributed by atoms with Gasteiger partial charge in [-0.05, 0) is 48.4 Å². The Bertz CT molecular complexity index is 639. The lowest BCUT2D eigenvalue weighted by molar-refractivity contribution is 0.327.